The molecule has 0 radical (unpaired) electrons. The van der Waals surface area contributed by atoms with Gasteiger partial charge in [-0.05, 0) is 31.2 Å². The molecule has 4 rings (SSSR count). The molecule has 0 unspecified atom stereocenters. The van der Waals surface area contributed by atoms with Crippen molar-refractivity contribution in [2.45, 2.75) is 18.7 Å². The largest absolute Gasteiger partial charge is 0.343 e. The predicted octanol–water partition coefficient (Wildman–Crippen LogP) is 4.38. The number of benzene rings is 2. The van der Waals surface area contributed by atoms with Gasteiger partial charge in [-0.1, -0.05) is 57.5 Å². The third-order valence-electron chi connectivity index (χ3n) is 4.42. The second-order valence-corrected chi connectivity index (χ2v) is 8.09. The zero-order chi connectivity index (χ0) is 19.0. The Morgan fingerprint density at radius 1 is 1.15 bits per heavy atom. The van der Waals surface area contributed by atoms with E-state index in [1.807, 2.05) is 55.5 Å². The van der Waals surface area contributed by atoms with E-state index in [9.17, 15) is 10.1 Å². The molecule has 0 amide bonds. The van der Waals surface area contributed by atoms with Crippen molar-refractivity contribution < 1.29 is 0 Å². The van der Waals surface area contributed by atoms with Gasteiger partial charge in [-0.25, -0.2) is 4.98 Å². The molecule has 1 aliphatic rings. The molecule has 0 aliphatic carbocycles. The number of aromatic nitrogens is 2. The second kappa shape index (κ2) is 7.22. The van der Waals surface area contributed by atoms with Gasteiger partial charge in [0.05, 0.1) is 11.6 Å². The van der Waals surface area contributed by atoms with Crippen LogP contribution in [0, 0.1) is 18.3 Å². The summed E-state index contributed by atoms with van der Waals surface area (Å²) in [7, 11) is 0. The molecule has 0 fully saturated rings. The first-order chi connectivity index (χ1) is 13.1. The van der Waals surface area contributed by atoms with Gasteiger partial charge in [0.15, 0.2) is 5.16 Å². The third kappa shape index (κ3) is 3.38. The molecule has 5 nitrogen and oxygen atoms in total. The van der Waals surface area contributed by atoms with Gasteiger partial charge < -0.3 is 4.90 Å². The zero-order valence-electron chi connectivity index (χ0n) is 14.5. The lowest BCUT2D eigenvalue weighted by Crippen LogP contribution is -2.38. The van der Waals surface area contributed by atoms with E-state index >= 15 is 0 Å². The summed E-state index contributed by atoms with van der Waals surface area (Å²) in [6.45, 7) is 2.37. The molecule has 0 spiro atoms. The van der Waals surface area contributed by atoms with Crippen LogP contribution in [-0.4, -0.2) is 15.4 Å². The van der Waals surface area contributed by atoms with Crippen molar-refractivity contribution in [3.05, 3.63) is 74.5 Å². The molecule has 2 heterocycles. The SMILES string of the molecule is Cc1ccc(-c2nc3n(c(=O)c2C#N)CN(c2ccc(Br)cc2)CS3)cc1. The predicted molar refractivity (Wildman–Crippen MR) is 111 cm³/mol. The fourth-order valence-corrected chi connectivity index (χ4v) is 4.16. The van der Waals surface area contributed by atoms with E-state index in [0.29, 0.717) is 23.4 Å². The fourth-order valence-electron chi connectivity index (χ4n) is 2.95. The maximum absolute atomic E-state index is 13.0. The first kappa shape index (κ1) is 17.8. The Hall–Kier alpha value is -2.56. The molecule has 7 heteroatoms. The van der Waals surface area contributed by atoms with Gasteiger partial charge >= 0.3 is 0 Å². The van der Waals surface area contributed by atoms with Gasteiger partial charge in [-0.15, -0.1) is 0 Å². The molecular formula is C20H15BrN4OS. The number of nitriles is 1. The number of anilines is 1. The van der Waals surface area contributed by atoms with Crippen LogP contribution in [0.2, 0.25) is 0 Å². The molecule has 27 heavy (non-hydrogen) atoms. The molecule has 0 saturated heterocycles. The molecule has 1 aromatic heterocycles. The average Bonchev–Trinajstić information content (AvgIpc) is 2.69. The zero-order valence-corrected chi connectivity index (χ0v) is 16.9. The normalized spacial score (nSPS) is 13.1. The van der Waals surface area contributed by atoms with Crippen LogP contribution in [0.15, 0.2) is 63.0 Å². The smallest absolute Gasteiger partial charge is 0.274 e. The highest BCUT2D eigenvalue weighted by molar-refractivity contribution is 9.10. The van der Waals surface area contributed by atoms with Crippen LogP contribution in [0.25, 0.3) is 11.3 Å². The lowest BCUT2D eigenvalue weighted by Gasteiger charge is -2.31. The Morgan fingerprint density at radius 3 is 2.52 bits per heavy atom. The van der Waals surface area contributed by atoms with Gasteiger partial charge in [0, 0.05) is 15.7 Å². The number of halogens is 1. The van der Waals surface area contributed by atoms with Crippen molar-refractivity contribution in [3.8, 4) is 17.3 Å². The van der Waals surface area contributed by atoms with Crippen molar-refractivity contribution in [1.82, 2.24) is 9.55 Å². The van der Waals surface area contributed by atoms with Crippen LogP contribution < -0.4 is 10.5 Å². The highest BCUT2D eigenvalue weighted by Crippen LogP contribution is 2.30. The van der Waals surface area contributed by atoms with Crippen LogP contribution in [0.3, 0.4) is 0 Å². The Labute approximate surface area is 169 Å². The molecule has 3 aromatic rings. The third-order valence-corrected chi connectivity index (χ3v) is 5.96. The molecule has 0 bridgehead atoms. The summed E-state index contributed by atoms with van der Waals surface area (Å²) in [4.78, 5) is 19.7. The van der Waals surface area contributed by atoms with E-state index in [4.69, 9.17) is 0 Å². The van der Waals surface area contributed by atoms with Gasteiger partial charge in [-0.3, -0.25) is 9.36 Å². The van der Waals surface area contributed by atoms with Crippen LogP contribution in [0.4, 0.5) is 5.69 Å². The van der Waals surface area contributed by atoms with E-state index in [0.717, 1.165) is 21.3 Å². The Balaban J connectivity index is 1.77. The second-order valence-electron chi connectivity index (χ2n) is 6.26. The molecule has 0 atom stereocenters. The summed E-state index contributed by atoms with van der Waals surface area (Å²) in [6, 6.07) is 17.7. The average molecular weight is 439 g/mol. The summed E-state index contributed by atoms with van der Waals surface area (Å²) in [5.41, 5.74) is 3.16. The minimum Gasteiger partial charge on any atom is -0.343 e. The summed E-state index contributed by atoms with van der Waals surface area (Å²) >= 11 is 4.93. The van der Waals surface area contributed by atoms with Crippen LogP contribution >= 0.6 is 27.7 Å². The number of rotatable bonds is 2. The number of thioether (sulfide) groups is 1. The van der Waals surface area contributed by atoms with Crippen LogP contribution in [-0.2, 0) is 6.67 Å². The number of nitrogens with zero attached hydrogens (tertiary/aromatic N) is 4. The first-order valence-corrected chi connectivity index (χ1v) is 10.1. The molecule has 1 aliphatic heterocycles. The van der Waals surface area contributed by atoms with E-state index in [2.05, 4.69) is 31.9 Å². The fraction of sp³-hybridized carbons (Fsp3) is 0.150. The number of hydrogen-bond donors (Lipinski definition) is 0. The van der Waals surface area contributed by atoms with Crippen LogP contribution in [0.1, 0.15) is 11.1 Å². The van der Waals surface area contributed by atoms with E-state index < -0.39 is 0 Å². The lowest BCUT2D eigenvalue weighted by molar-refractivity contribution is 0.560. The minimum absolute atomic E-state index is 0.0841. The maximum atomic E-state index is 13.0. The standard InChI is InChI=1S/C20H15BrN4OS/c1-13-2-4-14(5-3-13)18-17(10-22)19(26)25-11-24(12-27-20(25)23-18)16-8-6-15(21)7-9-16/h2-9H,11-12H2,1H3. The van der Waals surface area contributed by atoms with E-state index in [1.165, 1.54) is 11.8 Å². The van der Waals surface area contributed by atoms with Gasteiger partial charge in [0.25, 0.3) is 5.56 Å². The Bertz CT molecular complexity index is 1100. The van der Waals surface area contributed by atoms with Crippen molar-refractivity contribution in [2.75, 3.05) is 10.8 Å². The van der Waals surface area contributed by atoms with Crippen molar-refractivity contribution >= 4 is 33.4 Å². The topological polar surface area (TPSA) is 61.9 Å². The summed E-state index contributed by atoms with van der Waals surface area (Å²) in [5.74, 6) is 0.688. The van der Waals surface area contributed by atoms with Crippen molar-refractivity contribution in [1.29, 1.82) is 5.26 Å². The van der Waals surface area contributed by atoms with Gasteiger partial charge in [-0.2, -0.15) is 5.26 Å². The van der Waals surface area contributed by atoms with Crippen LogP contribution in [0.5, 0.6) is 0 Å². The Kier molecular flexibility index (Phi) is 4.77. The molecular weight excluding hydrogens is 424 g/mol. The summed E-state index contributed by atoms with van der Waals surface area (Å²) in [5, 5.41) is 10.2. The number of hydrogen-bond acceptors (Lipinski definition) is 5. The Morgan fingerprint density at radius 2 is 1.85 bits per heavy atom. The lowest BCUT2D eigenvalue weighted by atomic mass is 10.1. The maximum Gasteiger partial charge on any atom is 0.274 e. The number of fused-ring (bicyclic) bond motifs is 1. The molecule has 0 saturated carbocycles. The molecule has 2 aromatic carbocycles. The van der Waals surface area contributed by atoms with Crippen molar-refractivity contribution in [2.24, 2.45) is 0 Å². The molecule has 0 N–H and O–H groups in total. The summed E-state index contributed by atoms with van der Waals surface area (Å²) in [6.07, 6.45) is 0. The highest BCUT2D eigenvalue weighted by Gasteiger charge is 2.24. The first-order valence-electron chi connectivity index (χ1n) is 8.32. The molecule has 134 valence electrons. The quantitative estimate of drug-likeness (QED) is 0.555. The van der Waals surface area contributed by atoms with Crippen molar-refractivity contribution in [3.63, 3.8) is 0 Å². The minimum atomic E-state index is -0.299. The van der Waals surface area contributed by atoms with E-state index in [-0.39, 0.29) is 11.1 Å². The monoisotopic (exact) mass is 438 g/mol. The highest BCUT2D eigenvalue weighted by atomic mass is 79.9. The number of aryl methyl sites for hydroxylation is 1. The van der Waals surface area contributed by atoms with E-state index in [1.54, 1.807) is 4.57 Å². The van der Waals surface area contributed by atoms with Gasteiger partial charge in [0.1, 0.15) is 18.3 Å². The summed E-state index contributed by atoms with van der Waals surface area (Å²) < 4.78 is 2.58. The van der Waals surface area contributed by atoms with Gasteiger partial charge in [0.2, 0.25) is 0 Å².